The minimum absolute atomic E-state index is 0. The highest BCUT2D eigenvalue weighted by atomic mass is 127. The summed E-state index contributed by atoms with van der Waals surface area (Å²) in [7, 11) is 1.83. The topological polar surface area (TPSA) is 65.7 Å². The second-order valence-corrected chi connectivity index (χ2v) is 8.20. The number of rotatable bonds is 8. The maximum Gasteiger partial charge on any atom is 0.191 e. The Morgan fingerprint density at radius 3 is 2.71 bits per heavy atom. The number of guanidine groups is 1. The maximum absolute atomic E-state index is 5.50. The summed E-state index contributed by atoms with van der Waals surface area (Å²) in [5.41, 5.74) is 1.07. The van der Waals surface area contributed by atoms with E-state index in [1.54, 1.807) is 0 Å². The summed E-state index contributed by atoms with van der Waals surface area (Å²) in [6.07, 6.45) is 9.08. The Balaban J connectivity index is 0.00000280. The van der Waals surface area contributed by atoms with Crippen LogP contribution in [0.25, 0.3) is 0 Å². The summed E-state index contributed by atoms with van der Waals surface area (Å²) in [6.45, 7) is 8.62. The lowest BCUT2D eigenvalue weighted by Gasteiger charge is -2.21. The van der Waals surface area contributed by atoms with Crippen molar-refractivity contribution >= 4 is 29.9 Å². The van der Waals surface area contributed by atoms with Gasteiger partial charge in [-0.1, -0.05) is 31.8 Å². The molecule has 2 aliphatic rings. The summed E-state index contributed by atoms with van der Waals surface area (Å²) in [5, 5.41) is 11.2. The fraction of sp³-hybridized carbons (Fsp3) is 0.810. The van der Waals surface area contributed by atoms with E-state index >= 15 is 0 Å². The number of hydrogen-bond acceptors (Lipinski definition) is 4. The Bertz CT molecular complexity index is 595. The predicted molar refractivity (Wildman–Crippen MR) is 125 cm³/mol. The molecule has 0 amide bonds. The molecule has 1 aliphatic carbocycles. The van der Waals surface area contributed by atoms with Crippen LogP contribution in [0, 0.1) is 5.92 Å². The monoisotopic (exact) mass is 503 g/mol. The number of aliphatic imine (C=N–C) groups is 1. The van der Waals surface area contributed by atoms with Gasteiger partial charge in [-0.25, -0.2) is 0 Å². The van der Waals surface area contributed by atoms with E-state index in [2.05, 4.69) is 45.6 Å². The Labute approximate surface area is 187 Å². The first kappa shape index (κ1) is 23.4. The number of likely N-dealkylation sites (tertiary alicyclic amines) is 1. The highest BCUT2D eigenvalue weighted by Gasteiger charge is 2.26. The summed E-state index contributed by atoms with van der Waals surface area (Å²) in [6, 6.07) is 2.56. The summed E-state index contributed by atoms with van der Waals surface area (Å²) >= 11 is 0. The Hall–Kier alpha value is -0.830. The molecule has 1 aromatic heterocycles. The van der Waals surface area contributed by atoms with Crippen LogP contribution in [0.2, 0.25) is 0 Å². The third-order valence-electron chi connectivity index (χ3n) is 6.24. The number of aromatic nitrogens is 1. The van der Waals surface area contributed by atoms with Crippen LogP contribution in [0.15, 0.2) is 15.6 Å². The molecule has 0 spiro atoms. The lowest BCUT2D eigenvalue weighted by molar-refractivity contribution is 0.275. The zero-order valence-electron chi connectivity index (χ0n) is 17.7. The molecule has 28 heavy (non-hydrogen) atoms. The van der Waals surface area contributed by atoms with Gasteiger partial charge in [-0.3, -0.25) is 4.99 Å². The summed E-state index contributed by atoms with van der Waals surface area (Å²) in [5.74, 6) is 3.14. The van der Waals surface area contributed by atoms with Crippen LogP contribution >= 0.6 is 24.0 Å². The molecule has 3 rings (SSSR count). The number of halogens is 1. The third-order valence-corrected chi connectivity index (χ3v) is 6.24. The first-order chi connectivity index (χ1) is 13.2. The first-order valence-electron chi connectivity index (χ1n) is 10.9. The van der Waals surface area contributed by atoms with Crippen molar-refractivity contribution in [3.05, 3.63) is 17.5 Å². The molecule has 2 fully saturated rings. The highest BCUT2D eigenvalue weighted by molar-refractivity contribution is 14.0. The maximum atomic E-state index is 5.50. The van der Waals surface area contributed by atoms with Crippen LogP contribution in [0.4, 0.5) is 0 Å². The summed E-state index contributed by atoms with van der Waals surface area (Å²) in [4.78, 5) is 7.01. The second kappa shape index (κ2) is 12.0. The van der Waals surface area contributed by atoms with E-state index in [9.17, 15) is 0 Å². The van der Waals surface area contributed by atoms with Gasteiger partial charge in [-0.05, 0) is 38.0 Å². The lowest BCUT2D eigenvalue weighted by Crippen LogP contribution is -2.44. The standard InChI is InChI=1S/C21H37N5O.HI/c1-4-17(5-2)20-12-19(27-25-20)13-23-21(22-3)24-18-10-11-26(15-18)14-16-8-6-7-9-16;/h12,16-18H,4-11,13-15H2,1-3H3,(H2,22,23,24);1H. The Kier molecular flexibility index (Phi) is 10.0. The second-order valence-electron chi connectivity index (χ2n) is 8.20. The van der Waals surface area contributed by atoms with Crippen LogP contribution in [0.1, 0.15) is 76.2 Å². The Morgan fingerprint density at radius 1 is 1.29 bits per heavy atom. The molecule has 0 bridgehead atoms. The van der Waals surface area contributed by atoms with E-state index in [4.69, 9.17) is 4.52 Å². The molecule has 7 heteroatoms. The quantitative estimate of drug-likeness (QED) is 0.318. The molecule has 0 aromatic carbocycles. The van der Waals surface area contributed by atoms with Crippen LogP contribution in [-0.4, -0.2) is 48.7 Å². The molecule has 2 heterocycles. The van der Waals surface area contributed by atoms with E-state index < -0.39 is 0 Å². The average molecular weight is 503 g/mol. The zero-order valence-corrected chi connectivity index (χ0v) is 20.1. The zero-order chi connectivity index (χ0) is 19.1. The summed E-state index contributed by atoms with van der Waals surface area (Å²) < 4.78 is 5.50. The molecule has 160 valence electrons. The number of nitrogens with one attached hydrogen (secondary N) is 2. The number of hydrogen-bond donors (Lipinski definition) is 2. The largest absolute Gasteiger partial charge is 0.359 e. The predicted octanol–water partition coefficient (Wildman–Crippen LogP) is 4.13. The molecule has 1 aromatic rings. The van der Waals surface area contributed by atoms with Crippen molar-refractivity contribution in [1.29, 1.82) is 0 Å². The third kappa shape index (κ3) is 6.61. The SMILES string of the molecule is CCC(CC)c1cc(CNC(=NC)NC2CCN(CC3CCCC3)C2)on1.I. The molecule has 2 N–H and O–H groups in total. The van der Waals surface area contributed by atoms with Gasteiger partial charge in [-0.15, -0.1) is 24.0 Å². The van der Waals surface area contributed by atoms with Crippen LogP contribution in [0.3, 0.4) is 0 Å². The molecule has 1 aliphatic heterocycles. The minimum Gasteiger partial charge on any atom is -0.359 e. The van der Waals surface area contributed by atoms with Gasteiger partial charge in [0, 0.05) is 44.7 Å². The van der Waals surface area contributed by atoms with Crippen molar-refractivity contribution in [3.63, 3.8) is 0 Å². The van der Waals surface area contributed by atoms with E-state index in [0.29, 0.717) is 18.5 Å². The smallest absolute Gasteiger partial charge is 0.191 e. The van der Waals surface area contributed by atoms with E-state index in [0.717, 1.165) is 42.7 Å². The van der Waals surface area contributed by atoms with Gasteiger partial charge >= 0.3 is 0 Å². The normalized spacial score (nSPS) is 21.3. The minimum atomic E-state index is 0. The van der Waals surface area contributed by atoms with Gasteiger partial charge in [0.1, 0.15) is 0 Å². The molecule has 0 radical (unpaired) electrons. The van der Waals surface area contributed by atoms with E-state index in [-0.39, 0.29) is 24.0 Å². The van der Waals surface area contributed by atoms with Crippen molar-refractivity contribution in [1.82, 2.24) is 20.7 Å². The van der Waals surface area contributed by atoms with Crippen molar-refractivity contribution in [2.75, 3.05) is 26.7 Å². The first-order valence-corrected chi connectivity index (χ1v) is 10.9. The van der Waals surface area contributed by atoms with Gasteiger partial charge in [-0.2, -0.15) is 0 Å². The van der Waals surface area contributed by atoms with Gasteiger partial charge < -0.3 is 20.1 Å². The van der Waals surface area contributed by atoms with Crippen LogP contribution < -0.4 is 10.6 Å². The van der Waals surface area contributed by atoms with Crippen molar-refractivity contribution in [2.24, 2.45) is 10.9 Å². The van der Waals surface area contributed by atoms with Gasteiger partial charge in [0.05, 0.1) is 12.2 Å². The van der Waals surface area contributed by atoms with E-state index in [1.807, 2.05) is 7.05 Å². The van der Waals surface area contributed by atoms with Gasteiger partial charge in [0.25, 0.3) is 0 Å². The molecule has 1 atom stereocenters. The molecular weight excluding hydrogens is 465 g/mol. The molecule has 1 saturated heterocycles. The fourth-order valence-electron chi connectivity index (χ4n) is 4.54. The molecule has 1 saturated carbocycles. The van der Waals surface area contributed by atoms with E-state index in [1.165, 1.54) is 45.2 Å². The molecule has 6 nitrogen and oxygen atoms in total. The number of nitrogens with zero attached hydrogens (tertiary/aromatic N) is 3. The fourth-order valence-corrected chi connectivity index (χ4v) is 4.54. The van der Waals surface area contributed by atoms with Crippen molar-refractivity contribution in [2.45, 2.75) is 77.3 Å². The van der Waals surface area contributed by atoms with Gasteiger partial charge in [0.15, 0.2) is 11.7 Å². The lowest BCUT2D eigenvalue weighted by atomic mass is 9.99. The Morgan fingerprint density at radius 2 is 2.04 bits per heavy atom. The van der Waals surface area contributed by atoms with Crippen molar-refractivity contribution < 1.29 is 4.52 Å². The molecular formula is C21H38IN5O. The van der Waals surface area contributed by atoms with Crippen LogP contribution in [-0.2, 0) is 6.54 Å². The average Bonchev–Trinajstić information content (AvgIpc) is 3.43. The highest BCUT2D eigenvalue weighted by Crippen LogP contribution is 2.26. The van der Waals surface area contributed by atoms with Crippen molar-refractivity contribution in [3.8, 4) is 0 Å². The van der Waals surface area contributed by atoms with Crippen LogP contribution in [0.5, 0.6) is 0 Å². The molecule has 1 unspecified atom stereocenters. The van der Waals surface area contributed by atoms with Gasteiger partial charge in [0.2, 0.25) is 0 Å².